The van der Waals surface area contributed by atoms with Gasteiger partial charge < -0.3 is 10.5 Å². The molecule has 1 saturated carbocycles. The molecule has 11 heteroatoms. The van der Waals surface area contributed by atoms with Gasteiger partial charge in [-0.3, -0.25) is 0 Å². The Hall–Kier alpha value is -0.750. The lowest BCUT2D eigenvalue weighted by molar-refractivity contribution is 0.0730. The summed E-state index contributed by atoms with van der Waals surface area (Å²) in [5, 5.41) is 0. The van der Waals surface area contributed by atoms with Gasteiger partial charge in [0.05, 0.1) is 23.0 Å². The number of sulfonamides is 2. The fourth-order valence-corrected chi connectivity index (χ4v) is 5.56. The topological polar surface area (TPSA) is 119 Å². The van der Waals surface area contributed by atoms with E-state index in [0.29, 0.717) is 32.2 Å². The number of benzene rings is 1. The molecule has 0 spiro atoms. The van der Waals surface area contributed by atoms with Crippen molar-refractivity contribution in [1.29, 1.82) is 0 Å². The lowest BCUT2D eigenvalue weighted by Crippen LogP contribution is -2.41. The standard InChI is InChI=1S/C15H23N3O5S2.ClH/c16-11-15(12-1-2-12)17-24(19,20)13-3-5-14(6-4-13)25(21,22)18-7-9-23-10-8-18;/h3-6,12,15,17H,1-2,7-11,16H2;1H. The summed E-state index contributed by atoms with van der Waals surface area (Å²) in [5.41, 5.74) is 5.64. The first-order valence-electron chi connectivity index (χ1n) is 8.25. The molecule has 0 radical (unpaired) electrons. The fraction of sp³-hybridized carbons (Fsp3) is 0.600. The van der Waals surface area contributed by atoms with Crippen LogP contribution in [0.1, 0.15) is 12.8 Å². The molecule has 8 nitrogen and oxygen atoms in total. The zero-order valence-corrected chi connectivity index (χ0v) is 16.7. The van der Waals surface area contributed by atoms with Crippen LogP contribution in [0.25, 0.3) is 0 Å². The van der Waals surface area contributed by atoms with Gasteiger partial charge in [0.25, 0.3) is 0 Å². The number of morpholine rings is 1. The molecule has 2 aliphatic rings. The number of hydrogen-bond acceptors (Lipinski definition) is 6. The molecular formula is C15H24ClN3O5S2. The van der Waals surface area contributed by atoms with Crippen LogP contribution in [0.2, 0.25) is 0 Å². The third-order valence-corrected chi connectivity index (χ3v) is 7.91. The molecule has 1 aromatic rings. The smallest absolute Gasteiger partial charge is 0.243 e. The first kappa shape index (κ1) is 21.5. The van der Waals surface area contributed by atoms with Crippen LogP contribution in [-0.4, -0.2) is 60.0 Å². The van der Waals surface area contributed by atoms with E-state index in [2.05, 4.69) is 4.72 Å². The molecule has 0 amide bonds. The third-order valence-electron chi connectivity index (χ3n) is 4.49. The van der Waals surface area contributed by atoms with Gasteiger partial charge in [0, 0.05) is 25.7 Å². The second-order valence-electron chi connectivity index (χ2n) is 6.29. The van der Waals surface area contributed by atoms with Crippen molar-refractivity contribution in [2.45, 2.75) is 28.7 Å². The highest BCUT2D eigenvalue weighted by atomic mass is 35.5. The Kier molecular flexibility index (Phi) is 7.05. The molecule has 1 aromatic carbocycles. The number of hydrogen-bond donors (Lipinski definition) is 2. The molecular weight excluding hydrogens is 402 g/mol. The zero-order chi connectivity index (χ0) is 18.1. The van der Waals surface area contributed by atoms with E-state index in [1.807, 2.05) is 0 Å². The van der Waals surface area contributed by atoms with Crippen LogP contribution < -0.4 is 10.5 Å². The second-order valence-corrected chi connectivity index (χ2v) is 9.94. The average Bonchev–Trinajstić information content (AvgIpc) is 3.45. The monoisotopic (exact) mass is 425 g/mol. The molecule has 0 bridgehead atoms. The fourth-order valence-electron chi connectivity index (χ4n) is 2.83. The van der Waals surface area contributed by atoms with E-state index in [0.717, 1.165) is 12.8 Å². The minimum atomic E-state index is -3.72. The van der Waals surface area contributed by atoms with Gasteiger partial charge in [0.1, 0.15) is 0 Å². The molecule has 1 aliphatic heterocycles. The van der Waals surface area contributed by atoms with Crippen molar-refractivity contribution in [2.75, 3.05) is 32.8 Å². The van der Waals surface area contributed by atoms with Gasteiger partial charge in [-0.15, -0.1) is 12.4 Å². The molecule has 3 N–H and O–H groups in total. The maximum Gasteiger partial charge on any atom is 0.243 e. The van der Waals surface area contributed by atoms with E-state index < -0.39 is 20.0 Å². The van der Waals surface area contributed by atoms with Crippen molar-refractivity contribution >= 4 is 32.5 Å². The van der Waals surface area contributed by atoms with Crippen molar-refractivity contribution in [3.63, 3.8) is 0 Å². The van der Waals surface area contributed by atoms with Crippen LogP contribution in [0, 0.1) is 5.92 Å². The quantitative estimate of drug-likeness (QED) is 0.641. The molecule has 1 heterocycles. The highest BCUT2D eigenvalue weighted by Crippen LogP contribution is 2.33. The minimum absolute atomic E-state index is 0. The lowest BCUT2D eigenvalue weighted by Gasteiger charge is -2.26. The van der Waals surface area contributed by atoms with E-state index in [9.17, 15) is 16.8 Å². The first-order valence-corrected chi connectivity index (χ1v) is 11.2. The van der Waals surface area contributed by atoms with E-state index in [4.69, 9.17) is 10.5 Å². The van der Waals surface area contributed by atoms with Gasteiger partial charge in [-0.2, -0.15) is 4.31 Å². The number of nitrogens with two attached hydrogens (primary N) is 1. The maximum absolute atomic E-state index is 12.6. The van der Waals surface area contributed by atoms with E-state index in [1.165, 1.54) is 28.6 Å². The number of nitrogens with zero attached hydrogens (tertiary/aromatic N) is 1. The van der Waals surface area contributed by atoms with Crippen LogP contribution in [0.15, 0.2) is 34.1 Å². The molecule has 0 aromatic heterocycles. The van der Waals surface area contributed by atoms with E-state index in [-0.39, 0.29) is 34.8 Å². The predicted molar refractivity (Wildman–Crippen MR) is 99.2 cm³/mol. The molecule has 26 heavy (non-hydrogen) atoms. The van der Waals surface area contributed by atoms with Crippen LogP contribution >= 0.6 is 12.4 Å². The van der Waals surface area contributed by atoms with E-state index >= 15 is 0 Å². The Morgan fingerprint density at radius 3 is 2.12 bits per heavy atom. The van der Waals surface area contributed by atoms with Gasteiger partial charge in [0.2, 0.25) is 20.0 Å². The van der Waals surface area contributed by atoms with Gasteiger partial charge in [-0.05, 0) is 43.0 Å². The predicted octanol–water partition coefficient (Wildman–Crippen LogP) is 0.145. The normalized spacial score (nSPS) is 20.3. The van der Waals surface area contributed by atoms with E-state index in [1.54, 1.807) is 0 Å². The summed E-state index contributed by atoms with van der Waals surface area (Å²) in [5.74, 6) is 0.292. The van der Waals surface area contributed by atoms with Crippen LogP contribution in [0.4, 0.5) is 0 Å². The summed E-state index contributed by atoms with van der Waals surface area (Å²) >= 11 is 0. The molecule has 2 fully saturated rings. The maximum atomic E-state index is 12.6. The Morgan fingerprint density at radius 1 is 1.08 bits per heavy atom. The molecule has 1 aliphatic carbocycles. The minimum Gasteiger partial charge on any atom is -0.379 e. The lowest BCUT2D eigenvalue weighted by atomic mass is 10.2. The van der Waals surface area contributed by atoms with Gasteiger partial charge in [-0.25, -0.2) is 21.6 Å². The van der Waals surface area contributed by atoms with Crippen molar-refractivity contribution in [3.05, 3.63) is 24.3 Å². The summed E-state index contributed by atoms with van der Waals surface area (Å²) in [6, 6.07) is 5.01. The zero-order valence-electron chi connectivity index (χ0n) is 14.2. The van der Waals surface area contributed by atoms with Gasteiger partial charge >= 0.3 is 0 Å². The number of halogens is 1. The van der Waals surface area contributed by atoms with Crippen molar-refractivity contribution < 1.29 is 21.6 Å². The summed E-state index contributed by atoms with van der Waals surface area (Å²) in [4.78, 5) is 0.110. The Labute approximate surface area is 160 Å². The largest absolute Gasteiger partial charge is 0.379 e. The first-order chi connectivity index (χ1) is 11.8. The van der Waals surface area contributed by atoms with Crippen LogP contribution in [0.3, 0.4) is 0 Å². The second kappa shape index (κ2) is 8.51. The van der Waals surface area contributed by atoms with Crippen LogP contribution in [-0.2, 0) is 24.8 Å². The summed E-state index contributed by atoms with van der Waals surface area (Å²) in [6.07, 6.45) is 1.95. The molecule has 3 rings (SSSR count). The molecule has 148 valence electrons. The number of nitrogens with one attached hydrogen (secondary N) is 1. The highest BCUT2D eigenvalue weighted by molar-refractivity contribution is 7.89. The third kappa shape index (κ3) is 4.75. The summed E-state index contributed by atoms with van der Waals surface area (Å²) in [7, 11) is -7.36. The molecule has 1 atom stereocenters. The highest BCUT2D eigenvalue weighted by Gasteiger charge is 2.33. The van der Waals surface area contributed by atoms with Gasteiger partial charge in [0.15, 0.2) is 0 Å². The summed E-state index contributed by atoms with van der Waals surface area (Å²) in [6.45, 7) is 1.55. The Morgan fingerprint density at radius 2 is 1.62 bits per heavy atom. The average molecular weight is 426 g/mol. The van der Waals surface area contributed by atoms with Crippen molar-refractivity contribution in [1.82, 2.24) is 9.03 Å². The van der Waals surface area contributed by atoms with Crippen LogP contribution in [0.5, 0.6) is 0 Å². The number of ether oxygens (including phenoxy) is 1. The molecule has 1 unspecified atom stereocenters. The molecule has 1 saturated heterocycles. The Bertz CT molecular complexity index is 804. The Balaban J connectivity index is 0.00000243. The SMILES string of the molecule is Cl.NCC(NS(=O)(=O)c1ccc(S(=O)(=O)N2CCOCC2)cc1)C1CC1. The summed E-state index contributed by atoms with van der Waals surface area (Å²) < 4.78 is 59.1. The van der Waals surface area contributed by atoms with Gasteiger partial charge in [-0.1, -0.05) is 0 Å². The van der Waals surface area contributed by atoms with Crippen molar-refractivity contribution in [3.8, 4) is 0 Å². The number of rotatable bonds is 7. The van der Waals surface area contributed by atoms with Crippen molar-refractivity contribution in [2.24, 2.45) is 11.7 Å².